The van der Waals surface area contributed by atoms with E-state index in [2.05, 4.69) is 0 Å². The number of carbonyl (C=O) groups excluding carboxylic acids is 2. The van der Waals surface area contributed by atoms with Gasteiger partial charge in [0.15, 0.2) is 0 Å². The fourth-order valence-corrected chi connectivity index (χ4v) is 4.65. The number of amides is 1. The van der Waals surface area contributed by atoms with Gasteiger partial charge in [0.1, 0.15) is 11.5 Å². The molecule has 1 heterocycles. The van der Waals surface area contributed by atoms with E-state index in [9.17, 15) is 14.7 Å². The van der Waals surface area contributed by atoms with E-state index in [-0.39, 0.29) is 11.3 Å². The predicted molar refractivity (Wildman–Crippen MR) is 138 cm³/mol. The van der Waals surface area contributed by atoms with Gasteiger partial charge in [-0.3, -0.25) is 14.5 Å². The summed E-state index contributed by atoms with van der Waals surface area (Å²) in [7, 11) is 1.55. The second-order valence-electron chi connectivity index (χ2n) is 8.74. The number of hydrogen-bond acceptors (Lipinski definition) is 4. The van der Waals surface area contributed by atoms with Crippen LogP contribution in [0.4, 0.5) is 5.69 Å². The number of nitrogens with zero attached hydrogens (tertiary/aromatic N) is 1. The molecular weight excluding hydrogens is 438 g/mol. The summed E-state index contributed by atoms with van der Waals surface area (Å²) in [4.78, 5) is 28.3. The van der Waals surface area contributed by atoms with Crippen molar-refractivity contribution >= 4 is 33.9 Å². The number of anilines is 1. The van der Waals surface area contributed by atoms with Gasteiger partial charge in [0.05, 0.1) is 18.7 Å². The standard InChI is InChI=1S/C30H25NO4/c1-18-12-15-23(16-19(18)2)31-27(24-10-6-7-11-25(24)35-3)26(29(33)30(31)34)28(32)22-14-13-20-8-4-5-9-21(20)17-22/h4-17,27,32H,1-3H3/b28-26+. The summed E-state index contributed by atoms with van der Waals surface area (Å²) in [5.74, 6) is -1.11. The van der Waals surface area contributed by atoms with Crippen LogP contribution in [0.3, 0.4) is 0 Å². The first kappa shape index (κ1) is 22.4. The fourth-order valence-electron chi connectivity index (χ4n) is 4.65. The molecular formula is C30H25NO4. The molecule has 0 bridgehead atoms. The van der Waals surface area contributed by atoms with E-state index in [4.69, 9.17) is 4.74 Å². The highest BCUT2D eigenvalue weighted by Gasteiger charge is 2.48. The van der Waals surface area contributed by atoms with Crippen LogP contribution in [0.15, 0.2) is 90.5 Å². The molecule has 1 saturated heterocycles. The number of carbonyl (C=O) groups is 2. The van der Waals surface area contributed by atoms with Gasteiger partial charge < -0.3 is 9.84 Å². The molecule has 0 radical (unpaired) electrons. The molecule has 1 aliphatic rings. The third-order valence-corrected chi connectivity index (χ3v) is 6.67. The highest BCUT2D eigenvalue weighted by atomic mass is 16.5. The second-order valence-corrected chi connectivity index (χ2v) is 8.74. The van der Waals surface area contributed by atoms with Crippen LogP contribution in [0.1, 0.15) is 28.3 Å². The molecule has 5 heteroatoms. The van der Waals surface area contributed by atoms with E-state index in [1.807, 2.05) is 86.6 Å². The van der Waals surface area contributed by atoms with Gasteiger partial charge in [0, 0.05) is 16.8 Å². The van der Waals surface area contributed by atoms with Crippen molar-refractivity contribution in [3.05, 3.63) is 113 Å². The van der Waals surface area contributed by atoms with Crippen molar-refractivity contribution in [2.75, 3.05) is 12.0 Å². The molecule has 5 rings (SSSR count). The van der Waals surface area contributed by atoms with Crippen LogP contribution < -0.4 is 9.64 Å². The van der Waals surface area contributed by atoms with Gasteiger partial charge in [0.25, 0.3) is 11.7 Å². The summed E-state index contributed by atoms with van der Waals surface area (Å²) in [5, 5.41) is 13.4. The van der Waals surface area contributed by atoms with Crippen LogP contribution in [-0.2, 0) is 9.59 Å². The molecule has 1 fully saturated rings. The Labute approximate surface area is 203 Å². The van der Waals surface area contributed by atoms with Crippen molar-refractivity contribution in [1.82, 2.24) is 0 Å². The second kappa shape index (κ2) is 8.76. The van der Waals surface area contributed by atoms with Gasteiger partial charge >= 0.3 is 0 Å². The lowest BCUT2D eigenvalue weighted by Crippen LogP contribution is -2.29. The predicted octanol–water partition coefficient (Wildman–Crippen LogP) is 6.09. The number of ketones is 1. The van der Waals surface area contributed by atoms with Crippen LogP contribution >= 0.6 is 0 Å². The van der Waals surface area contributed by atoms with Crippen molar-refractivity contribution in [2.24, 2.45) is 0 Å². The molecule has 0 aliphatic carbocycles. The lowest BCUT2D eigenvalue weighted by molar-refractivity contribution is -0.132. The van der Waals surface area contributed by atoms with Crippen molar-refractivity contribution in [2.45, 2.75) is 19.9 Å². The molecule has 0 spiro atoms. The fraction of sp³-hybridized carbons (Fsp3) is 0.133. The van der Waals surface area contributed by atoms with Gasteiger partial charge in [-0.2, -0.15) is 0 Å². The van der Waals surface area contributed by atoms with E-state index in [1.165, 1.54) is 4.90 Å². The summed E-state index contributed by atoms with van der Waals surface area (Å²) >= 11 is 0. The first-order valence-corrected chi connectivity index (χ1v) is 11.4. The zero-order chi connectivity index (χ0) is 24.7. The molecule has 35 heavy (non-hydrogen) atoms. The lowest BCUT2D eigenvalue weighted by atomic mass is 9.93. The zero-order valence-electron chi connectivity index (χ0n) is 19.8. The lowest BCUT2D eigenvalue weighted by Gasteiger charge is -2.27. The SMILES string of the molecule is COc1ccccc1C1/C(=C(\O)c2ccc3ccccc3c2)C(=O)C(=O)N1c1ccc(C)c(C)c1. The van der Waals surface area contributed by atoms with Gasteiger partial charge in [-0.05, 0) is 60.0 Å². The smallest absolute Gasteiger partial charge is 0.300 e. The largest absolute Gasteiger partial charge is 0.507 e. The Kier molecular flexibility index (Phi) is 5.61. The summed E-state index contributed by atoms with van der Waals surface area (Å²) in [5.41, 5.74) is 3.79. The number of para-hydroxylation sites is 1. The number of rotatable bonds is 4. The monoisotopic (exact) mass is 463 g/mol. The Bertz CT molecular complexity index is 1520. The number of hydrogen-bond donors (Lipinski definition) is 1. The molecule has 1 aliphatic heterocycles. The topological polar surface area (TPSA) is 66.8 Å². The first-order chi connectivity index (χ1) is 16.9. The van der Waals surface area contributed by atoms with Crippen molar-refractivity contribution in [3.63, 3.8) is 0 Å². The normalized spacial score (nSPS) is 17.2. The van der Waals surface area contributed by atoms with Crippen LogP contribution in [-0.4, -0.2) is 23.9 Å². The maximum absolute atomic E-state index is 13.5. The van der Waals surface area contributed by atoms with Crippen LogP contribution in [0.25, 0.3) is 16.5 Å². The van der Waals surface area contributed by atoms with Crippen LogP contribution in [0.5, 0.6) is 5.75 Å². The van der Waals surface area contributed by atoms with Crippen molar-refractivity contribution < 1.29 is 19.4 Å². The maximum Gasteiger partial charge on any atom is 0.300 e. The molecule has 4 aromatic carbocycles. The number of Topliss-reactive ketones (excluding diaryl/α,β-unsaturated/α-hetero) is 1. The van der Waals surface area contributed by atoms with E-state index in [0.29, 0.717) is 22.6 Å². The van der Waals surface area contributed by atoms with E-state index in [0.717, 1.165) is 21.9 Å². The van der Waals surface area contributed by atoms with Crippen molar-refractivity contribution in [1.29, 1.82) is 0 Å². The zero-order valence-corrected chi connectivity index (χ0v) is 19.8. The van der Waals surface area contributed by atoms with Gasteiger partial charge in [-0.1, -0.05) is 60.7 Å². The summed E-state index contributed by atoms with van der Waals surface area (Å²) in [6.07, 6.45) is 0. The van der Waals surface area contributed by atoms with Gasteiger partial charge in [-0.15, -0.1) is 0 Å². The van der Waals surface area contributed by atoms with E-state index < -0.39 is 17.7 Å². The molecule has 174 valence electrons. The van der Waals surface area contributed by atoms with E-state index in [1.54, 1.807) is 19.2 Å². The highest BCUT2D eigenvalue weighted by molar-refractivity contribution is 6.51. The molecule has 1 atom stereocenters. The maximum atomic E-state index is 13.5. The first-order valence-electron chi connectivity index (χ1n) is 11.4. The quantitative estimate of drug-likeness (QED) is 0.226. The van der Waals surface area contributed by atoms with Gasteiger partial charge in [-0.25, -0.2) is 0 Å². The third kappa shape index (κ3) is 3.75. The Morgan fingerprint density at radius 3 is 2.29 bits per heavy atom. The molecule has 1 N–H and O–H groups in total. The molecule has 0 aromatic heterocycles. The average Bonchev–Trinajstić information content (AvgIpc) is 3.15. The summed E-state index contributed by atoms with van der Waals surface area (Å²) in [6.45, 7) is 3.95. The molecule has 0 saturated carbocycles. The highest BCUT2D eigenvalue weighted by Crippen LogP contribution is 2.45. The minimum absolute atomic E-state index is 0.0352. The van der Waals surface area contributed by atoms with E-state index >= 15 is 0 Å². The Hall–Kier alpha value is -4.38. The number of methoxy groups -OCH3 is 1. The average molecular weight is 464 g/mol. The molecule has 1 unspecified atom stereocenters. The number of aryl methyl sites for hydroxylation is 2. The van der Waals surface area contributed by atoms with Gasteiger partial charge in [0.2, 0.25) is 0 Å². The molecule has 1 amide bonds. The minimum Gasteiger partial charge on any atom is -0.507 e. The van der Waals surface area contributed by atoms with Crippen LogP contribution in [0, 0.1) is 13.8 Å². The summed E-state index contributed by atoms with van der Waals surface area (Å²) in [6, 6.07) is 25.3. The Morgan fingerprint density at radius 2 is 1.54 bits per heavy atom. The third-order valence-electron chi connectivity index (χ3n) is 6.67. The number of aliphatic hydroxyl groups excluding tert-OH is 1. The molecule has 4 aromatic rings. The Balaban J connectivity index is 1.76. The number of aliphatic hydroxyl groups is 1. The number of fused-ring (bicyclic) bond motifs is 1. The summed E-state index contributed by atoms with van der Waals surface area (Å²) < 4.78 is 5.59. The van der Waals surface area contributed by atoms with Crippen LogP contribution in [0.2, 0.25) is 0 Å². The number of ether oxygens (including phenoxy) is 1. The van der Waals surface area contributed by atoms with Crippen molar-refractivity contribution in [3.8, 4) is 5.75 Å². The Morgan fingerprint density at radius 1 is 0.829 bits per heavy atom. The number of benzene rings is 4. The molecule has 5 nitrogen and oxygen atoms in total. The minimum atomic E-state index is -0.847.